The van der Waals surface area contributed by atoms with Crippen LogP contribution in [-0.2, 0) is 6.42 Å². The molecule has 1 atom stereocenters. The Bertz CT molecular complexity index is 325. The van der Waals surface area contributed by atoms with Crippen LogP contribution in [0.2, 0.25) is 0 Å². The summed E-state index contributed by atoms with van der Waals surface area (Å²) >= 11 is 0. The standard InChI is InChI=1S/C14H21NO/c1-14(9-2-3-11-15-14)10-8-12-4-6-13(16)7-5-12/h4-7,15-16H,2-3,8-11H2,1H3. The quantitative estimate of drug-likeness (QED) is 0.819. The van der Waals surface area contributed by atoms with E-state index < -0.39 is 0 Å². The monoisotopic (exact) mass is 219 g/mol. The lowest BCUT2D eigenvalue weighted by molar-refractivity contribution is 0.261. The minimum atomic E-state index is 0.316. The first kappa shape index (κ1) is 11.5. The molecule has 2 nitrogen and oxygen atoms in total. The molecule has 2 rings (SSSR count). The highest BCUT2D eigenvalue weighted by Crippen LogP contribution is 2.24. The zero-order valence-electron chi connectivity index (χ0n) is 10.00. The maximum atomic E-state index is 9.21. The summed E-state index contributed by atoms with van der Waals surface area (Å²) < 4.78 is 0. The van der Waals surface area contributed by atoms with E-state index in [9.17, 15) is 5.11 Å². The van der Waals surface area contributed by atoms with E-state index in [1.54, 1.807) is 12.1 Å². The third kappa shape index (κ3) is 2.99. The second-order valence-corrected chi connectivity index (χ2v) is 5.11. The van der Waals surface area contributed by atoms with Gasteiger partial charge in [0, 0.05) is 5.54 Å². The molecule has 1 fully saturated rings. The first-order chi connectivity index (χ1) is 7.68. The van der Waals surface area contributed by atoms with E-state index in [0.717, 1.165) is 13.0 Å². The Morgan fingerprint density at radius 1 is 1.25 bits per heavy atom. The summed E-state index contributed by atoms with van der Waals surface area (Å²) in [4.78, 5) is 0. The van der Waals surface area contributed by atoms with Crippen molar-refractivity contribution in [1.29, 1.82) is 0 Å². The van der Waals surface area contributed by atoms with Gasteiger partial charge in [0.1, 0.15) is 5.75 Å². The van der Waals surface area contributed by atoms with Crippen LogP contribution in [0.5, 0.6) is 5.75 Å². The van der Waals surface area contributed by atoms with Gasteiger partial charge in [-0.2, -0.15) is 0 Å². The molecular weight excluding hydrogens is 198 g/mol. The maximum absolute atomic E-state index is 9.21. The topological polar surface area (TPSA) is 32.3 Å². The normalized spacial score (nSPS) is 25.6. The minimum absolute atomic E-state index is 0.316. The molecule has 88 valence electrons. The average molecular weight is 219 g/mol. The van der Waals surface area contributed by atoms with Gasteiger partial charge in [-0.05, 0) is 56.8 Å². The van der Waals surface area contributed by atoms with Gasteiger partial charge in [-0.1, -0.05) is 18.6 Å². The molecule has 0 aromatic heterocycles. The van der Waals surface area contributed by atoms with Gasteiger partial charge < -0.3 is 10.4 Å². The van der Waals surface area contributed by atoms with Crippen LogP contribution in [0.1, 0.15) is 38.2 Å². The van der Waals surface area contributed by atoms with Gasteiger partial charge in [0.25, 0.3) is 0 Å². The molecule has 1 aromatic carbocycles. The van der Waals surface area contributed by atoms with Crippen molar-refractivity contribution in [2.75, 3.05) is 6.54 Å². The smallest absolute Gasteiger partial charge is 0.115 e. The summed E-state index contributed by atoms with van der Waals surface area (Å²) in [6, 6.07) is 7.57. The Morgan fingerprint density at radius 3 is 2.62 bits per heavy atom. The highest BCUT2D eigenvalue weighted by molar-refractivity contribution is 5.26. The van der Waals surface area contributed by atoms with E-state index in [-0.39, 0.29) is 0 Å². The largest absolute Gasteiger partial charge is 0.508 e. The minimum Gasteiger partial charge on any atom is -0.508 e. The molecule has 0 aliphatic carbocycles. The lowest BCUT2D eigenvalue weighted by atomic mass is 9.85. The molecular formula is C14H21NO. The van der Waals surface area contributed by atoms with E-state index in [1.807, 2.05) is 12.1 Å². The second kappa shape index (κ2) is 4.88. The van der Waals surface area contributed by atoms with E-state index in [4.69, 9.17) is 0 Å². The van der Waals surface area contributed by atoms with Crippen molar-refractivity contribution in [2.24, 2.45) is 0 Å². The predicted octanol–water partition coefficient (Wildman–Crippen LogP) is 2.86. The molecule has 1 aliphatic rings. The van der Waals surface area contributed by atoms with Crippen molar-refractivity contribution in [3.8, 4) is 5.75 Å². The highest BCUT2D eigenvalue weighted by atomic mass is 16.3. The van der Waals surface area contributed by atoms with Crippen molar-refractivity contribution in [3.63, 3.8) is 0 Å². The summed E-state index contributed by atoms with van der Waals surface area (Å²) in [7, 11) is 0. The van der Waals surface area contributed by atoms with Crippen molar-refractivity contribution >= 4 is 0 Å². The van der Waals surface area contributed by atoms with Crippen molar-refractivity contribution < 1.29 is 5.11 Å². The fourth-order valence-electron chi connectivity index (χ4n) is 2.41. The average Bonchev–Trinajstić information content (AvgIpc) is 2.29. The molecule has 0 saturated carbocycles. The van der Waals surface area contributed by atoms with Crippen LogP contribution >= 0.6 is 0 Å². The van der Waals surface area contributed by atoms with Gasteiger partial charge in [-0.15, -0.1) is 0 Å². The molecule has 0 spiro atoms. The van der Waals surface area contributed by atoms with Gasteiger partial charge in [0.15, 0.2) is 0 Å². The Labute approximate surface area is 97.7 Å². The molecule has 2 N–H and O–H groups in total. The molecule has 0 bridgehead atoms. The SMILES string of the molecule is CC1(CCc2ccc(O)cc2)CCCCN1. The Morgan fingerprint density at radius 2 is 2.00 bits per heavy atom. The van der Waals surface area contributed by atoms with Crippen LogP contribution in [0.4, 0.5) is 0 Å². The fourth-order valence-corrected chi connectivity index (χ4v) is 2.41. The summed E-state index contributed by atoms with van der Waals surface area (Å²) in [6.07, 6.45) is 6.21. The molecule has 1 unspecified atom stereocenters. The van der Waals surface area contributed by atoms with Crippen molar-refractivity contribution in [2.45, 2.75) is 44.6 Å². The maximum Gasteiger partial charge on any atom is 0.115 e. The first-order valence-electron chi connectivity index (χ1n) is 6.21. The zero-order valence-corrected chi connectivity index (χ0v) is 10.00. The Kier molecular flexibility index (Phi) is 3.49. The van der Waals surface area contributed by atoms with Crippen LogP contribution in [-0.4, -0.2) is 17.2 Å². The van der Waals surface area contributed by atoms with E-state index in [2.05, 4.69) is 12.2 Å². The summed E-state index contributed by atoms with van der Waals surface area (Å²) in [5.74, 6) is 0.353. The molecule has 1 saturated heterocycles. The molecule has 1 aromatic rings. The summed E-state index contributed by atoms with van der Waals surface area (Å²) in [5, 5.41) is 12.8. The number of hydrogen-bond donors (Lipinski definition) is 2. The van der Waals surface area contributed by atoms with Crippen LogP contribution in [0.15, 0.2) is 24.3 Å². The highest BCUT2D eigenvalue weighted by Gasteiger charge is 2.25. The third-order valence-electron chi connectivity index (χ3n) is 3.61. The number of aromatic hydroxyl groups is 1. The third-order valence-corrected chi connectivity index (χ3v) is 3.61. The Balaban J connectivity index is 1.88. The van der Waals surface area contributed by atoms with E-state index >= 15 is 0 Å². The molecule has 2 heteroatoms. The summed E-state index contributed by atoms with van der Waals surface area (Å²) in [6.45, 7) is 3.48. The molecule has 0 radical (unpaired) electrons. The lowest BCUT2D eigenvalue weighted by Gasteiger charge is -2.35. The van der Waals surface area contributed by atoms with Gasteiger partial charge >= 0.3 is 0 Å². The first-order valence-corrected chi connectivity index (χ1v) is 6.21. The molecule has 1 heterocycles. The van der Waals surface area contributed by atoms with Crippen LogP contribution in [0, 0.1) is 0 Å². The molecule has 0 amide bonds. The summed E-state index contributed by atoms with van der Waals surface area (Å²) in [5.41, 5.74) is 1.63. The van der Waals surface area contributed by atoms with E-state index in [1.165, 1.54) is 31.2 Å². The van der Waals surface area contributed by atoms with Gasteiger partial charge in [-0.3, -0.25) is 0 Å². The van der Waals surface area contributed by atoms with Gasteiger partial charge in [-0.25, -0.2) is 0 Å². The van der Waals surface area contributed by atoms with Crippen LogP contribution in [0.3, 0.4) is 0 Å². The fraction of sp³-hybridized carbons (Fsp3) is 0.571. The second-order valence-electron chi connectivity index (χ2n) is 5.11. The number of aryl methyl sites for hydroxylation is 1. The van der Waals surface area contributed by atoms with Crippen molar-refractivity contribution in [1.82, 2.24) is 5.32 Å². The van der Waals surface area contributed by atoms with Crippen molar-refractivity contribution in [3.05, 3.63) is 29.8 Å². The number of nitrogens with one attached hydrogen (secondary N) is 1. The number of benzene rings is 1. The van der Waals surface area contributed by atoms with E-state index in [0.29, 0.717) is 11.3 Å². The molecule has 16 heavy (non-hydrogen) atoms. The van der Waals surface area contributed by atoms with Gasteiger partial charge in [0.05, 0.1) is 0 Å². The lowest BCUT2D eigenvalue weighted by Crippen LogP contribution is -2.46. The number of phenols is 1. The molecule has 1 aliphatic heterocycles. The zero-order chi connectivity index (χ0) is 11.4. The number of rotatable bonds is 3. The number of hydrogen-bond acceptors (Lipinski definition) is 2. The van der Waals surface area contributed by atoms with Crippen LogP contribution < -0.4 is 5.32 Å². The van der Waals surface area contributed by atoms with Crippen LogP contribution in [0.25, 0.3) is 0 Å². The predicted molar refractivity (Wildman–Crippen MR) is 66.7 cm³/mol. The van der Waals surface area contributed by atoms with Gasteiger partial charge in [0.2, 0.25) is 0 Å². The number of phenolic OH excluding ortho intramolecular Hbond substituents is 1. The Hall–Kier alpha value is -1.02. The number of piperidine rings is 1.